The number of halogens is 1. The molecule has 0 radical (unpaired) electrons. The standard InChI is InChI=1S/C14H13BrO3S/c1-8-6-10(15)14(19-8)13(16)9-4-5-11(17-2)12(7-9)18-3/h4-7H,1-3H3. The SMILES string of the molecule is COc1ccc(C(=O)c2sc(C)cc2Br)cc1OC. The van der Waals surface area contributed by atoms with Crippen LogP contribution >= 0.6 is 27.3 Å². The molecule has 0 aliphatic rings. The molecule has 1 heterocycles. The summed E-state index contributed by atoms with van der Waals surface area (Å²) in [5.74, 6) is 1.14. The van der Waals surface area contributed by atoms with Crippen LogP contribution in [0.3, 0.4) is 0 Å². The van der Waals surface area contributed by atoms with Crippen LogP contribution in [0.4, 0.5) is 0 Å². The lowest BCUT2D eigenvalue weighted by molar-refractivity contribution is 0.104. The van der Waals surface area contributed by atoms with Crippen molar-refractivity contribution in [3.05, 3.63) is 44.1 Å². The van der Waals surface area contributed by atoms with Gasteiger partial charge in [-0.25, -0.2) is 0 Å². The minimum atomic E-state index is -0.0223. The first-order valence-electron chi connectivity index (χ1n) is 5.59. The van der Waals surface area contributed by atoms with Crippen LogP contribution in [0.1, 0.15) is 20.1 Å². The molecule has 0 N–H and O–H groups in total. The number of ether oxygens (including phenoxy) is 2. The number of benzene rings is 1. The van der Waals surface area contributed by atoms with E-state index in [9.17, 15) is 4.79 Å². The van der Waals surface area contributed by atoms with Crippen LogP contribution in [-0.2, 0) is 0 Å². The number of carbonyl (C=O) groups excluding carboxylic acids is 1. The topological polar surface area (TPSA) is 35.5 Å². The quantitative estimate of drug-likeness (QED) is 0.787. The van der Waals surface area contributed by atoms with Crippen molar-refractivity contribution < 1.29 is 14.3 Å². The number of hydrogen-bond acceptors (Lipinski definition) is 4. The fourth-order valence-corrected chi connectivity index (χ4v) is 3.53. The Morgan fingerprint density at radius 2 is 1.84 bits per heavy atom. The van der Waals surface area contributed by atoms with E-state index < -0.39 is 0 Å². The second kappa shape index (κ2) is 5.75. The molecule has 1 aromatic heterocycles. The summed E-state index contributed by atoms with van der Waals surface area (Å²) in [6.45, 7) is 1.97. The van der Waals surface area contributed by atoms with Gasteiger partial charge in [0.1, 0.15) is 0 Å². The fourth-order valence-electron chi connectivity index (χ4n) is 1.75. The van der Waals surface area contributed by atoms with Crippen molar-refractivity contribution in [1.29, 1.82) is 0 Å². The molecule has 5 heteroatoms. The molecule has 0 spiro atoms. The number of ketones is 1. The number of carbonyl (C=O) groups is 1. The number of thiophene rings is 1. The molecule has 0 amide bonds. The van der Waals surface area contributed by atoms with Crippen LogP contribution in [0.15, 0.2) is 28.7 Å². The average molecular weight is 341 g/mol. The first kappa shape index (κ1) is 14.1. The van der Waals surface area contributed by atoms with Gasteiger partial charge in [0.15, 0.2) is 11.5 Å². The predicted molar refractivity (Wildman–Crippen MR) is 79.7 cm³/mol. The van der Waals surface area contributed by atoms with E-state index in [0.29, 0.717) is 21.9 Å². The minimum Gasteiger partial charge on any atom is -0.493 e. The summed E-state index contributed by atoms with van der Waals surface area (Å²) in [5.41, 5.74) is 0.584. The van der Waals surface area contributed by atoms with Crippen molar-refractivity contribution in [3.63, 3.8) is 0 Å². The predicted octanol–water partition coefficient (Wildman–Crippen LogP) is 4.07. The summed E-state index contributed by atoms with van der Waals surface area (Å²) in [5, 5.41) is 0. The fraction of sp³-hybridized carbons (Fsp3) is 0.214. The Kier molecular flexibility index (Phi) is 4.27. The van der Waals surface area contributed by atoms with Crippen molar-refractivity contribution >= 4 is 33.0 Å². The van der Waals surface area contributed by atoms with Gasteiger partial charge in [0, 0.05) is 14.9 Å². The van der Waals surface area contributed by atoms with Crippen LogP contribution in [-0.4, -0.2) is 20.0 Å². The highest BCUT2D eigenvalue weighted by Crippen LogP contribution is 2.32. The number of aryl methyl sites for hydroxylation is 1. The third kappa shape index (κ3) is 2.82. The number of rotatable bonds is 4. The third-order valence-electron chi connectivity index (χ3n) is 2.66. The van der Waals surface area contributed by atoms with Crippen LogP contribution in [0, 0.1) is 6.92 Å². The largest absolute Gasteiger partial charge is 0.493 e. The Labute approximate surface area is 124 Å². The average Bonchev–Trinajstić information content (AvgIpc) is 2.76. The van der Waals surface area contributed by atoms with Gasteiger partial charge in [-0.15, -0.1) is 11.3 Å². The van der Waals surface area contributed by atoms with Crippen molar-refractivity contribution in [2.24, 2.45) is 0 Å². The molecule has 0 bridgehead atoms. The first-order valence-corrected chi connectivity index (χ1v) is 7.20. The van der Waals surface area contributed by atoms with Gasteiger partial charge in [-0.05, 0) is 47.1 Å². The maximum absolute atomic E-state index is 12.4. The van der Waals surface area contributed by atoms with E-state index in [1.54, 1.807) is 32.4 Å². The molecule has 0 unspecified atom stereocenters. The summed E-state index contributed by atoms with van der Waals surface area (Å²) in [4.78, 5) is 14.2. The highest BCUT2D eigenvalue weighted by molar-refractivity contribution is 9.10. The summed E-state index contributed by atoms with van der Waals surface area (Å²) < 4.78 is 11.2. The molecular weight excluding hydrogens is 328 g/mol. The van der Waals surface area contributed by atoms with Gasteiger partial charge in [0.05, 0.1) is 19.1 Å². The van der Waals surface area contributed by atoms with E-state index in [0.717, 1.165) is 9.35 Å². The molecule has 0 saturated carbocycles. The summed E-state index contributed by atoms with van der Waals surface area (Å²) in [7, 11) is 3.12. The molecule has 100 valence electrons. The van der Waals surface area contributed by atoms with Crippen LogP contribution < -0.4 is 9.47 Å². The van der Waals surface area contributed by atoms with Crippen molar-refractivity contribution in [3.8, 4) is 11.5 Å². The summed E-state index contributed by atoms with van der Waals surface area (Å²) in [6.07, 6.45) is 0. The summed E-state index contributed by atoms with van der Waals surface area (Å²) >= 11 is 4.88. The molecule has 0 aliphatic heterocycles. The smallest absolute Gasteiger partial charge is 0.204 e. The lowest BCUT2D eigenvalue weighted by atomic mass is 10.1. The van der Waals surface area contributed by atoms with Gasteiger partial charge >= 0.3 is 0 Å². The van der Waals surface area contributed by atoms with Gasteiger partial charge in [0.25, 0.3) is 0 Å². The van der Waals surface area contributed by atoms with E-state index in [1.807, 2.05) is 13.0 Å². The Balaban J connectivity index is 2.42. The van der Waals surface area contributed by atoms with Gasteiger partial charge in [-0.2, -0.15) is 0 Å². The zero-order valence-electron chi connectivity index (χ0n) is 10.8. The van der Waals surface area contributed by atoms with Crippen molar-refractivity contribution in [2.75, 3.05) is 14.2 Å². The lowest BCUT2D eigenvalue weighted by Gasteiger charge is -2.08. The highest BCUT2D eigenvalue weighted by atomic mass is 79.9. The van der Waals surface area contributed by atoms with Crippen molar-refractivity contribution in [2.45, 2.75) is 6.92 Å². The third-order valence-corrected chi connectivity index (χ3v) is 4.60. The number of methoxy groups -OCH3 is 2. The van der Waals surface area contributed by atoms with Crippen LogP contribution in [0.25, 0.3) is 0 Å². The lowest BCUT2D eigenvalue weighted by Crippen LogP contribution is -2.01. The molecule has 2 aromatic rings. The Morgan fingerprint density at radius 1 is 1.16 bits per heavy atom. The van der Waals surface area contributed by atoms with E-state index >= 15 is 0 Å². The monoisotopic (exact) mass is 340 g/mol. The molecule has 0 saturated heterocycles. The molecule has 3 nitrogen and oxygen atoms in total. The molecule has 0 aliphatic carbocycles. The molecule has 1 aromatic carbocycles. The van der Waals surface area contributed by atoms with Crippen LogP contribution in [0.2, 0.25) is 0 Å². The molecular formula is C14H13BrO3S. The zero-order valence-corrected chi connectivity index (χ0v) is 13.2. The van der Waals surface area contributed by atoms with Crippen LogP contribution in [0.5, 0.6) is 11.5 Å². The van der Waals surface area contributed by atoms with Crippen molar-refractivity contribution in [1.82, 2.24) is 0 Å². The maximum atomic E-state index is 12.4. The Bertz CT molecular complexity index is 619. The van der Waals surface area contributed by atoms with E-state index in [2.05, 4.69) is 15.9 Å². The second-order valence-corrected chi connectivity index (χ2v) is 6.04. The van der Waals surface area contributed by atoms with Gasteiger partial charge in [0.2, 0.25) is 5.78 Å². The zero-order chi connectivity index (χ0) is 14.0. The molecule has 0 fully saturated rings. The summed E-state index contributed by atoms with van der Waals surface area (Å²) in [6, 6.07) is 7.12. The molecule has 2 rings (SSSR count). The molecule has 19 heavy (non-hydrogen) atoms. The Morgan fingerprint density at radius 3 is 2.37 bits per heavy atom. The highest BCUT2D eigenvalue weighted by Gasteiger charge is 2.17. The Hall–Kier alpha value is -1.33. The molecule has 0 atom stereocenters. The first-order chi connectivity index (χ1) is 9.06. The van der Waals surface area contributed by atoms with Gasteiger partial charge in [-0.3, -0.25) is 4.79 Å². The van der Waals surface area contributed by atoms with Gasteiger partial charge < -0.3 is 9.47 Å². The van der Waals surface area contributed by atoms with E-state index in [-0.39, 0.29) is 5.78 Å². The minimum absolute atomic E-state index is 0.0223. The second-order valence-electron chi connectivity index (χ2n) is 3.93. The maximum Gasteiger partial charge on any atom is 0.204 e. The number of hydrogen-bond donors (Lipinski definition) is 0. The van der Waals surface area contributed by atoms with Gasteiger partial charge in [-0.1, -0.05) is 0 Å². The normalized spacial score (nSPS) is 10.3. The van der Waals surface area contributed by atoms with E-state index in [4.69, 9.17) is 9.47 Å². The van der Waals surface area contributed by atoms with E-state index in [1.165, 1.54) is 11.3 Å².